The number of hydrogen-bond donors (Lipinski definition) is 1. The van der Waals surface area contributed by atoms with Crippen molar-refractivity contribution in [1.29, 1.82) is 0 Å². The zero-order valence-electron chi connectivity index (χ0n) is 9.84. The lowest BCUT2D eigenvalue weighted by molar-refractivity contribution is -0.385. The summed E-state index contributed by atoms with van der Waals surface area (Å²) < 4.78 is 25.5. The molecule has 0 atom stereocenters. The second kappa shape index (κ2) is 5.23. The Kier molecular flexibility index (Phi) is 4.15. The molecule has 1 aromatic carbocycles. The van der Waals surface area contributed by atoms with Crippen molar-refractivity contribution in [2.45, 2.75) is 18.7 Å². The fourth-order valence-corrected chi connectivity index (χ4v) is 2.31. The first-order chi connectivity index (χ1) is 8.24. The van der Waals surface area contributed by atoms with Gasteiger partial charge in [0.15, 0.2) is 0 Å². The molecule has 0 saturated heterocycles. The van der Waals surface area contributed by atoms with Gasteiger partial charge in [-0.2, -0.15) is 0 Å². The van der Waals surface area contributed by atoms with Gasteiger partial charge < -0.3 is 0 Å². The SMILES string of the molecule is CC(=O)CNS(=O)(=O)c1ccc(C)c([N+](=O)[O-])c1. The third-order valence-electron chi connectivity index (χ3n) is 2.20. The van der Waals surface area contributed by atoms with Crippen molar-refractivity contribution in [2.75, 3.05) is 6.54 Å². The van der Waals surface area contributed by atoms with Crippen LogP contribution in [0.15, 0.2) is 23.1 Å². The van der Waals surface area contributed by atoms with Gasteiger partial charge in [0.1, 0.15) is 5.78 Å². The van der Waals surface area contributed by atoms with Gasteiger partial charge in [-0.05, 0) is 19.9 Å². The molecule has 8 heteroatoms. The molecule has 0 bridgehead atoms. The van der Waals surface area contributed by atoms with Crippen LogP contribution in [0, 0.1) is 17.0 Å². The lowest BCUT2D eigenvalue weighted by Gasteiger charge is -2.05. The first-order valence-electron chi connectivity index (χ1n) is 4.98. The number of nitrogens with one attached hydrogen (secondary N) is 1. The maximum atomic E-state index is 11.7. The van der Waals surface area contributed by atoms with E-state index in [9.17, 15) is 23.3 Å². The van der Waals surface area contributed by atoms with Crippen molar-refractivity contribution < 1.29 is 18.1 Å². The highest BCUT2D eigenvalue weighted by atomic mass is 32.2. The van der Waals surface area contributed by atoms with E-state index in [0.717, 1.165) is 6.07 Å². The molecule has 98 valence electrons. The molecular weight excluding hydrogens is 260 g/mol. The summed E-state index contributed by atoms with van der Waals surface area (Å²) >= 11 is 0. The normalized spacial score (nSPS) is 11.2. The van der Waals surface area contributed by atoms with Gasteiger partial charge in [-0.15, -0.1) is 0 Å². The fourth-order valence-electron chi connectivity index (χ4n) is 1.23. The van der Waals surface area contributed by atoms with E-state index >= 15 is 0 Å². The topological polar surface area (TPSA) is 106 Å². The van der Waals surface area contributed by atoms with Gasteiger partial charge in [-0.1, -0.05) is 6.07 Å². The molecule has 0 heterocycles. The zero-order chi connectivity index (χ0) is 13.9. The number of hydrogen-bond acceptors (Lipinski definition) is 5. The van der Waals surface area contributed by atoms with Crippen LogP contribution in [-0.4, -0.2) is 25.7 Å². The van der Waals surface area contributed by atoms with Gasteiger partial charge in [0.25, 0.3) is 5.69 Å². The molecule has 1 rings (SSSR count). The molecule has 1 aromatic rings. The van der Waals surface area contributed by atoms with Crippen LogP contribution in [0.4, 0.5) is 5.69 Å². The second-order valence-electron chi connectivity index (χ2n) is 3.73. The van der Waals surface area contributed by atoms with Crippen LogP contribution in [0.25, 0.3) is 0 Å². The second-order valence-corrected chi connectivity index (χ2v) is 5.50. The highest BCUT2D eigenvalue weighted by molar-refractivity contribution is 7.89. The number of ketones is 1. The number of nitro groups is 1. The Balaban J connectivity index is 3.14. The molecule has 0 unspecified atom stereocenters. The average Bonchev–Trinajstić information content (AvgIpc) is 2.26. The van der Waals surface area contributed by atoms with E-state index in [1.807, 2.05) is 0 Å². The largest absolute Gasteiger partial charge is 0.299 e. The first-order valence-corrected chi connectivity index (χ1v) is 6.46. The number of Topliss-reactive ketones (excluding diaryl/α,β-unsaturated/α-hetero) is 1. The molecule has 0 aliphatic carbocycles. The maximum absolute atomic E-state index is 11.7. The van der Waals surface area contributed by atoms with Crippen LogP contribution < -0.4 is 4.72 Å². The van der Waals surface area contributed by atoms with Gasteiger partial charge in [0, 0.05) is 11.6 Å². The lowest BCUT2D eigenvalue weighted by Crippen LogP contribution is -2.28. The van der Waals surface area contributed by atoms with E-state index < -0.39 is 14.9 Å². The monoisotopic (exact) mass is 272 g/mol. The molecular formula is C10H12N2O5S. The minimum absolute atomic E-state index is 0.235. The van der Waals surface area contributed by atoms with Crippen molar-refractivity contribution in [3.8, 4) is 0 Å². The molecule has 0 aliphatic rings. The van der Waals surface area contributed by atoms with Gasteiger partial charge >= 0.3 is 0 Å². The van der Waals surface area contributed by atoms with Crippen molar-refractivity contribution >= 4 is 21.5 Å². The standard InChI is InChI=1S/C10H12N2O5S/c1-7-3-4-9(5-10(7)12(14)15)18(16,17)11-6-8(2)13/h3-5,11H,6H2,1-2H3. The molecule has 0 saturated carbocycles. The predicted molar refractivity (Wildman–Crippen MR) is 63.7 cm³/mol. The highest BCUT2D eigenvalue weighted by Gasteiger charge is 2.19. The number of sulfonamides is 1. The average molecular weight is 272 g/mol. The van der Waals surface area contributed by atoms with Crippen molar-refractivity contribution in [1.82, 2.24) is 4.72 Å². The van der Waals surface area contributed by atoms with E-state index in [1.165, 1.54) is 26.0 Å². The Morgan fingerprint density at radius 2 is 2.06 bits per heavy atom. The molecule has 0 amide bonds. The Labute approximate surface area is 104 Å². The summed E-state index contributed by atoms with van der Waals surface area (Å²) in [6.45, 7) is 2.40. The van der Waals surface area contributed by atoms with Crippen LogP contribution in [0.2, 0.25) is 0 Å². The van der Waals surface area contributed by atoms with E-state index in [1.54, 1.807) is 0 Å². The Bertz CT molecular complexity index is 594. The predicted octanol–water partition coefficient (Wildman–Crippen LogP) is 0.771. The fraction of sp³-hybridized carbons (Fsp3) is 0.300. The Morgan fingerprint density at radius 3 is 2.56 bits per heavy atom. The summed E-state index contributed by atoms with van der Waals surface area (Å²) in [4.78, 5) is 20.5. The molecule has 0 aromatic heterocycles. The van der Waals surface area contributed by atoms with E-state index in [-0.39, 0.29) is 22.9 Å². The van der Waals surface area contributed by atoms with Gasteiger partial charge in [0.05, 0.1) is 16.4 Å². The quantitative estimate of drug-likeness (QED) is 0.629. The maximum Gasteiger partial charge on any atom is 0.273 e. The summed E-state index contributed by atoms with van der Waals surface area (Å²) in [5.74, 6) is -0.347. The highest BCUT2D eigenvalue weighted by Crippen LogP contribution is 2.21. The number of nitrogens with zero attached hydrogens (tertiary/aromatic N) is 1. The van der Waals surface area contributed by atoms with Crippen molar-refractivity contribution in [3.63, 3.8) is 0 Å². The van der Waals surface area contributed by atoms with Crippen LogP contribution in [0.1, 0.15) is 12.5 Å². The third kappa shape index (κ3) is 3.34. The summed E-state index contributed by atoms with van der Waals surface area (Å²) in [6.07, 6.45) is 0. The zero-order valence-corrected chi connectivity index (χ0v) is 10.7. The minimum atomic E-state index is -3.90. The number of rotatable bonds is 5. The van der Waals surface area contributed by atoms with Gasteiger partial charge in [0.2, 0.25) is 10.0 Å². The smallest absolute Gasteiger partial charge is 0.273 e. The van der Waals surface area contributed by atoms with Crippen LogP contribution in [0.5, 0.6) is 0 Å². The summed E-state index contributed by atoms with van der Waals surface area (Å²) in [5, 5.41) is 10.7. The van der Waals surface area contributed by atoms with Crippen molar-refractivity contribution in [3.05, 3.63) is 33.9 Å². The van der Waals surface area contributed by atoms with Gasteiger partial charge in [-0.3, -0.25) is 14.9 Å². The molecule has 0 radical (unpaired) electrons. The molecule has 0 aliphatic heterocycles. The Hall–Kier alpha value is -1.80. The summed E-state index contributed by atoms with van der Waals surface area (Å²) in [5.41, 5.74) is 0.0891. The number of carbonyl (C=O) groups is 1. The summed E-state index contributed by atoms with van der Waals surface area (Å²) in [7, 11) is -3.90. The van der Waals surface area contributed by atoms with Crippen molar-refractivity contribution in [2.24, 2.45) is 0 Å². The number of aryl methyl sites for hydroxylation is 1. The minimum Gasteiger partial charge on any atom is -0.299 e. The van der Waals surface area contributed by atoms with Crippen LogP contribution in [-0.2, 0) is 14.8 Å². The van der Waals surface area contributed by atoms with E-state index in [2.05, 4.69) is 4.72 Å². The van der Waals surface area contributed by atoms with E-state index in [4.69, 9.17) is 0 Å². The number of carbonyl (C=O) groups excluding carboxylic acids is 1. The first kappa shape index (κ1) is 14.3. The third-order valence-corrected chi connectivity index (χ3v) is 3.60. The molecule has 7 nitrogen and oxygen atoms in total. The molecule has 18 heavy (non-hydrogen) atoms. The molecule has 1 N–H and O–H groups in total. The van der Waals surface area contributed by atoms with Gasteiger partial charge in [-0.25, -0.2) is 13.1 Å². The molecule has 0 fully saturated rings. The van der Waals surface area contributed by atoms with E-state index in [0.29, 0.717) is 5.56 Å². The molecule has 0 spiro atoms. The number of nitro benzene ring substituents is 1. The van der Waals surface area contributed by atoms with Crippen LogP contribution in [0.3, 0.4) is 0 Å². The number of benzene rings is 1. The summed E-state index contributed by atoms with van der Waals surface area (Å²) in [6, 6.07) is 3.57. The lowest BCUT2D eigenvalue weighted by atomic mass is 10.2. The van der Waals surface area contributed by atoms with Crippen LogP contribution >= 0.6 is 0 Å². The Morgan fingerprint density at radius 1 is 1.44 bits per heavy atom.